The Balaban J connectivity index is 2.14. The quantitative estimate of drug-likeness (QED) is 0.799. The summed E-state index contributed by atoms with van der Waals surface area (Å²) in [7, 11) is 0. The Labute approximate surface area is 96.5 Å². The van der Waals surface area contributed by atoms with Crippen LogP contribution in [0.2, 0.25) is 0 Å². The zero-order valence-electron chi connectivity index (χ0n) is 10.3. The lowest BCUT2D eigenvalue weighted by atomic mass is 9.82. The molecular weight excluding hydrogens is 202 g/mol. The van der Waals surface area contributed by atoms with E-state index in [2.05, 4.69) is 25.9 Å². The summed E-state index contributed by atoms with van der Waals surface area (Å²) in [6.07, 6.45) is 1.68. The molecule has 0 saturated heterocycles. The van der Waals surface area contributed by atoms with Crippen LogP contribution in [0, 0.1) is 5.92 Å². The molecule has 0 unspecified atom stereocenters. The van der Waals surface area contributed by atoms with E-state index >= 15 is 0 Å². The molecule has 16 heavy (non-hydrogen) atoms. The minimum absolute atomic E-state index is 0.0625. The van der Waals surface area contributed by atoms with Crippen LogP contribution in [0.4, 0.5) is 5.82 Å². The highest BCUT2D eigenvalue weighted by molar-refractivity contribution is 5.32. The molecule has 1 aliphatic carbocycles. The summed E-state index contributed by atoms with van der Waals surface area (Å²) in [4.78, 5) is 0. The first-order valence-corrected chi connectivity index (χ1v) is 5.88. The second-order valence-electron chi connectivity index (χ2n) is 5.88. The predicted octanol–water partition coefficient (Wildman–Crippen LogP) is 1.53. The van der Waals surface area contributed by atoms with E-state index < -0.39 is 0 Å². The van der Waals surface area contributed by atoms with Gasteiger partial charge in [0.15, 0.2) is 0 Å². The van der Waals surface area contributed by atoms with E-state index in [1.165, 1.54) is 5.69 Å². The molecule has 0 bridgehead atoms. The van der Waals surface area contributed by atoms with Gasteiger partial charge in [0.05, 0.1) is 6.10 Å². The first kappa shape index (κ1) is 11.5. The van der Waals surface area contributed by atoms with Gasteiger partial charge in [-0.15, -0.1) is 0 Å². The van der Waals surface area contributed by atoms with Gasteiger partial charge in [-0.05, 0) is 18.8 Å². The summed E-state index contributed by atoms with van der Waals surface area (Å²) < 4.78 is 2.01. The average molecular weight is 223 g/mol. The lowest BCUT2D eigenvalue weighted by Crippen LogP contribution is -2.33. The van der Waals surface area contributed by atoms with Gasteiger partial charge in [0.1, 0.15) is 5.82 Å². The van der Waals surface area contributed by atoms with E-state index in [1.54, 1.807) is 0 Å². The van der Waals surface area contributed by atoms with E-state index in [0.717, 1.165) is 19.4 Å². The Morgan fingerprint density at radius 2 is 2.12 bits per heavy atom. The molecule has 4 nitrogen and oxygen atoms in total. The van der Waals surface area contributed by atoms with Gasteiger partial charge in [0.25, 0.3) is 0 Å². The molecule has 1 fully saturated rings. The highest BCUT2D eigenvalue weighted by Gasteiger charge is 2.29. The Bertz CT molecular complexity index is 372. The van der Waals surface area contributed by atoms with E-state index in [1.807, 2.05) is 10.7 Å². The van der Waals surface area contributed by atoms with E-state index in [9.17, 15) is 5.11 Å². The zero-order chi connectivity index (χ0) is 11.9. The third kappa shape index (κ3) is 2.21. The number of rotatable bonds is 2. The molecule has 0 amide bonds. The number of anilines is 1. The van der Waals surface area contributed by atoms with Crippen LogP contribution in [0.5, 0.6) is 0 Å². The highest BCUT2D eigenvalue weighted by Crippen LogP contribution is 2.31. The van der Waals surface area contributed by atoms with Crippen LogP contribution in [0.25, 0.3) is 0 Å². The maximum absolute atomic E-state index is 9.28. The summed E-state index contributed by atoms with van der Waals surface area (Å²) in [6.45, 7) is 7.36. The Morgan fingerprint density at radius 3 is 2.62 bits per heavy atom. The zero-order valence-corrected chi connectivity index (χ0v) is 10.3. The van der Waals surface area contributed by atoms with Gasteiger partial charge in [-0.1, -0.05) is 20.8 Å². The predicted molar refractivity (Wildman–Crippen MR) is 64.1 cm³/mol. The smallest absolute Gasteiger partial charge is 0.145 e. The number of nitrogens with zero attached hydrogens (tertiary/aromatic N) is 2. The molecule has 0 aromatic carbocycles. The Morgan fingerprint density at radius 1 is 1.50 bits per heavy atom. The van der Waals surface area contributed by atoms with Crippen molar-refractivity contribution in [1.82, 2.24) is 9.78 Å². The molecule has 3 N–H and O–H groups in total. The van der Waals surface area contributed by atoms with Crippen molar-refractivity contribution in [1.29, 1.82) is 0 Å². The Kier molecular flexibility index (Phi) is 2.70. The summed E-state index contributed by atoms with van der Waals surface area (Å²) in [6, 6.07) is 1.95. The van der Waals surface area contributed by atoms with Gasteiger partial charge >= 0.3 is 0 Å². The molecule has 0 aliphatic heterocycles. The minimum Gasteiger partial charge on any atom is -0.393 e. The van der Waals surface area contributed by atoms with Gasteiger partial charge in [0, 0.05) is 23.7 Å². The lowest BCUT2D eigenvalue weighted by Gasteiger charge is -2.32. The van der Waals surface area contributed by atoms with Gasteiger partial charge in [-0.2, -0.15) is 5.10 Å². The lowest BCUT2D eigenvalue weighted by molar-refractivity contribution is 0.0330. The number of nitrogens with two attached hydrogens (primary N) is 1. The van der Waals surface area contributed by atoms with Gasteiger partial charge in [-0.25, -0.2) is 0 Å². The molecule has 0 spiro atoms. The summed E-state index contributed by atoms with van der Waals surface area (Å²) in [5.41, 5.74) is 6.99. The summed E-state index contributed by atoms with van der Waals surface area (Å²) >= 11 is 0. The third-order valence-electron chi connectivity index (χ3n) is 3.21. The maximum atomic E-state index is 9.28. The summed E-state index contributed by atoms with van der Waals surface area (Å²) in [5.74, 6) is 1.14. The topological polar surface area (TPSA) is 64.1 Å². The second-order valence-corrected chi connectivity index (χ2v) is 5.88. The van der Waals surface area contributed by atoms with E-state index in [0.29, 0.717) is 11.7 Å². The second kappa shape index (κ2) is 3.77. The van der Waals surface area contributed by atoms with Crippen molar-refractivity contribution in [2.45, 2.75) is 51.7 Å². The van der Waals surface area contributed by atoms with Crippen LogP contribution in [0.15, 0.2) is 6.07 Å². The van der Waals surface area contributed by atoms with E-state index in [-0.39, 0.29) is 11.5 Å². The van der Waals surface area contributed by atoms with Crippen LogP contribution in [0.1, 0.15) is 39.3 Å². The molecule has 90 valence electrons. The number of hydrogen-bond acceptors (Lipinski definition) is 3. The molecule has 1 heterocycles. The fraction of sp³-hybridized carbons (Fsp3) is 0.750. The van der Waals surface area contributed by atoms with Crippen molar-refractivity contribution < 1.29 is 5.11 Å². The Hall–Kier alpha value is -1.03. The highest BCUT2D eigenvalue weighted by atomic mass is 16.3. The van der Waals surface area contributed by atoms with E-state index in [4.69, 9.17) is 5.73 Å². The van der Waals surface area contributed by atoms with Crippen molar-refractivity contribution in [3.8, 4) is 0 Å². The normalized spacial score (nSPS) is 25.5. The first-order chi connectivity index (χ1) is 7.36. The van der Waals surface area contributed by atoms with Crippen molar-refractivity contribution in [2.24, 2.45) is 5.92 Å². The largest absolute Gasteiger partial charge is 0.393 e. The van der Waals surface area contributed by atoms with Crippen LogP contribution in [-0.4, -0.2) is 21.0 Å². The standard InChI is InChI=1S/C12H21N3O/c1-12(2,3)10-6-11(13)14-15(10)7-8-4-9(16)5-8/h6,8-9,16H,4-5,7H2,1-3H3,(H2,13,14). The van der Waals surface area contributed by atoms with Crippen molar-refractivity contribution in [3.63, 3.8) is 0 Å². The first-order valence-electron chi connectivity index (χ1n) is 5.88. The van der Waals surface area contributed by atoms with Crippen LogP contribution in [0.3, 0.4) is 0 Å². The molecule has 2 rings (SSSR count). The SMILES string of the molecule is CC(C)(C)c1cc(N)nn1CC1CC(O)C1. The molecule has 4 heteroatoms. The van der Waals surface area contributed by atoms with Crippen molar-refractivity contribution >= 4 is 5.82 Å². The number of aliphatic hydroxyl groups excluding tert-OH is 1. The van der Waals surface area contributed by atoms with Crippen molar-refractivity contribution in [3.05, 3.63) is 11.8 Å². The minimum atomic E-state index is -0.101. The average Bonchev–Trinajstić information content (AvgIpc) is 2.43. The molecule has 1 saturated carbocycles. The molecule has 1 aromatic rings. The maximum Gasteiger partial charge on any atom is 0.145 e. The number of aromatic nitrogens is 2. The van der Waals surface area contributed by atoms with Crippen LogP contribution in [-0.2, 0) is 12.0 Å². The number of hydrogen-bond donors (Lipinski definition) is 2. The molecule has 0 atom stereocenters. The molecule has 1 aromatic heterocycles. The molecule has 1 aliphatic rings. The van der Waals surface area contributed by atoms with Crippen LogP contribution >= 0.6 is 0 Å². The van der Waals surface area contributed by atoms with Gasteiger partial charge in [-0.3, -0.25) is 4.68 Å². The number of nitrogen functional groups attached to an aromatic ring is 1. The van der Waals surface area contributed by atoms with Crippen molar-refractivity contribution in [2.75, 3.05) is 5.73 Å². The van der Waals surface area contributed by atoms with Crippen LogP contribution < -0.4 is 5.73 Å². The fourth-order valence-corrected chi connectivity index (χ4v) is 2.27. The third-order valence-corrected chi connectivity index (χ3v) is 3.21. The van der Waals surface area contributed by atoms with Gasteiger partial charge in [0.2, 0.25) is 0 Å². The summed E-state index contributed by atoms with van der Waals surface area (Å²) in [5, 5.41) is 13.6. The molecular formula is C12H21N3O. The monoisotopic (exact) mass is 223 g/mol. The van der Waals surface area contributed by atoms with Gasteiger partial charge < -0.3 is 10.8 Å². The fourth-order valence-electron chi connectivity index (χ4n) is 2.27. The molecule has 0 radical (unpaired) electrons. The number of aliphatic hydroxyl groups is 1.